The fraction of sp³-hybridized carbons (Fsp3) is 1.00. The molecule has 0 aromatic heterocycles. The van der Waals surface area contributed by atoms with Crippen molar-refractivity contribution < 1.29 is 13.5 Å². The summed E-state index contributed by atoms with van der Waals surface area (Å²) in [6, 6.07) is 0. The first kappa shape index (κ1) is 14.3. The maximum Gasteiger partial charge on any atom is 0.211 e. The van der Waals surface area contributed by atoms with Gasteiger partial charge >= 0.3 is 0 Å². The molecule has 0 amide bonds. The van der Waals surface area contributed by atoms with Crippen molar-refractivity contribution in [1.29, 1.82) is 0 Å². The lowest BCUT2D eigenvalue weighted by Gasteiger charge is -2.37. The summed E-state index contributed by atoms with van der Waals surface area (Å²) in [4.78, 5) is 0. The molecule has 1 aliphatic carbocycles. The van der Waals surface area contributed by atoms with E-state index in [2.05, 4.69) is 6.92 Å². The Kier molecular flexibility index (Phi) is 4.04. The predicted molar refractivity (Wildman–Crippen MR) is 71.7 cm³/mol. The first-order valence-electron chi connectivity index (χ1n) is 6.99. The van der Waals surface area contributed by atoms with Crippen LogP contribution < -0.4 is 0 Å². The Labute approximate surface area is 110 Å². The van der Waals surface area contributed by atoms with E-state index in [9.17, 15) is 13.5 Å². The smallest absolute Gasteiger partial charge is 0.211 e. The summed E-state index contributed by atoms with van der Waals surface area (Å²) in [6.07, 6.45) is 7.08. The van der Waals surface area contributed by atoms with Gasteiger partial charge in [-0.1, -0.05) is 13.3 Å². The summed E-state index contributed by atoms with van der Waals surface area (Å²) in [5, 5.41) is 10.6. The molecule has 0 spiro atoms. The Balaban J connectivity index is 1.98. The van der Waals surface area contributed by atoms with Gasteiger partial charge in [0.05, 0.1) is 11.9 Å². The standard InChI is InChI=1S/C13H25NO3S/c1-11-5-3-7-13(11,15)9-12-6-4-8-14(10-12)18(2,16)17/h11-12,15H,3-10H2,1-2H3. The molecule has 0 radical (unpaired) electrons. The summed E-state index contributed by atoms with van der Waals surface area (Å²) in [5.74, 6) is 0.671. The van der Waals surface area contributed by atoms with Gasteiger partial charge in [-0.3, -0.25) is 0 Å². The second-order valence-corrected chi connectivity index (χ2v) is 8.21. The molecule has 2 aliphatic rings. The van der Waals surface area contributed by atoms with Gasteiger partial charge in [0.2, 0.25) is 10.0 Å². The average molecular weight is 275 g/mol. The summed E-state index contributed by atoms with van der Waals surface area (Å²) in [6.45, 7) is 3.35. The van der Waals surface area contributed by atoms with Crippen LogP contribution in [0, 0.1) is 11.8 Å². The van der Waals surface area contributed by atoms with Crippen molar-refractivity contribution in [3.63, 3.8) is 0 Å². The van der Waals surface area contributed by atoms with E-state index in [1.54, 1.807) is 4.31 Å². The Hall–Kier alpha value is -0.130. The second-order valence-electron chi connectivity index (χ2n) is 6.23. The number of aliphatic hydroxyl groups is 1. The normalized spacial score (nSPS) is 39.1. The summed E-state index contributed by atoms with van der Waals surface area (Å²) >= 11 is 0. The van der Waals surface area contributed by atoms with Crippen LogP contribution in [0.15, 0.2) is 0 Å². The zero-order valence-electron chi connectivity index (χ0n) is 11.4. The van der Waals surface area contributed by atoms with Crippen LogP contribution in [0.4, 0.5) is 0 Å². The highest BCUT2D eigenvalue weighted by Gasteiger charge is 2.41. The third kappa shape index (κ3) is 3.06. The summed E-state index contributed by atoms with van der Waals surface area (Å²) < 4.78 is 24.7. The van der Waals surface area contributed by atoms with Crippen LogP contribution in [0.1, 0.15) is 45.4 Å². The molecule has 3 atom stereocenters. The first-order chi connectivity index (χ1) is 8.31. The van der Waals surface area contributed by atoms with Gasteiger partial charge < -0.3 is 5.11 Å². The Morgan fingerprint density at radius 3 is 2.61 bits per heavy atom. The lowest BCUT2D eigenvalue weighted by atomic mass is 9.81. The first-order valence-corrected chi connectivity index (χ1v) is 8.83. The molecule has 5 heteroatoms. The molecule has 1 heterocycles. The van der Waals surface area contributed by atoms with E-state index in [4.69, 9.17) is 0 Å². The molecule has 0 aromatic carbocycles. The highest BCUT2D eigenvalue weighted by atomic mass is 32.2. The van der Waals surface area contributed by atoms with E-state index < -0.39 is 15.6 Å². The fourth-order valence-electron chi connectivity index (χ4n) is 3.53. The predicted octanol–water partition coefficient (Wildman–Crippen LogP) is 1.60. The van der Waals surface area contributed by atoms with Crippen LogP contribution in [-0.2, 0) is 10.0 Å². The van der Waals surface area contributed by atoms with Crippen LogP contribution in [-0.4, -0.2) is 42.8 Å². The molecule has 1 N–H and O–H groups in total. The number of hydrogen-bond acceptors (Lipinski definition) is 3. The molecule has 0 bridgehead atoms. The van der Waals surface area contributed by atoms with Crippen molar-refractivity contribution in [3.8, 4) is 0 Å². The number of nitrogens with zero attached hydrogens (tertiary/aromatic N) is 1. The van der Waals surface area contributed by atoms with E-state index in [0.717, 1.165) is 38.5 Å². The summed E-state index contributed by atoms with van der Waals surface area (Å²) in [7, 11) is -3.07. The summed E-state index contributed by atoms with van der Waals surface area (Å²) in [5.41, 5.74) is -0.550. The molecule has 106 valence electrons. The minimum absolute atomic E-state index is 0.319. The maximum atomic E-state index is 11.6. The van der Waals surface area contributed by atoms with Gasteiger partial charge in [-0.05, 0) is 43.9 Å². The minimum atomic E-state index is -3.07. The monoisotopic (exact) mass is 275 g/mol. The van der Waals surface area contributed by atoms with E-state index >= 15 is 0 Å². The van der Waals surface area contributed by atoms with Crippen LogP contribution in [0.2, 0.25) is 0 Å². The van der Waals surface area contributed by atoms with Crippen LogP contribution in [0.5, 0.6) is 0 Å². The van der Waals surface area contributed by atoms with Gasteiger partial charge in [0.1, 0.15) is 0 Å². The zero-order chi connectivity index (χ0) is 13.4. The highest BCUT2D eigenvalue weighted by Crippen LogP contribution is 2.41. The number of hydrogen-bond donors (Lipinski definition) is 1. The SMILES string of the molecule is CC1CCCC1(O)CC1CCCN(S(C)(=O)=O)C1. The molecule has 0 aromatic rings. The molecule has 3 unspecified atom stereocenters. The van der Waals surface area contributed by atoms with Gasteiger partial charge in [0.25, 0.3) is 0 Å². The van der Waals surface area contributed by atoms with Crippen molar-refractivity contribution in [1.82, 2.24) is 4.31 Å². The molecule has 4 nitrogen and oxygen atoms in total. The van der Waals surface area contributed by atoms with Crippen molar-refractivity contribution in [2.75, 3.05) is 19.3 Å². The van der Waals surface area contributed by atoms with E-state index in [-0.39, 0.29) is 0 Å². The zero-order valence-corrected chi connectivity index (χ0v) is 12.2. The largest absolute Gasteiger partial charge is 0.390 e. The average Bonchev–Trinajstić information content (AvgIpc) is 2.58. The van der Waals surface area contributed by atoms with Crippen LogP contribution in [0.3, 0.4) is 0 Å². The Morgan fingerprint density at radius 2 is 2.06 bits per heavy atom. The molecule has 1 saturated heterocycles. The fourth-order valence-corrected chi connectivity index (χ4v) is 4.47. The van der Waals surface area contributed by atoms with E-state index in [0.29, 0.717) is 24.9 Å². The second kappa shape index (κ2) is 5.10. The minimum Gasteiger partial charge on any atom is -0.390 e. The molecule has 2 fully saturated rings. The third-order valence-electron chi connectivity index (χ3n) is 4.76. The lowest BCUT2D eigenvalue weighted by molar-refractivity contribution is -0.0195. The molecule has 1 aliphatic heterocycles. The van der Waals surface area contributed by atoms with Gasteiger partial charge in [0, 0.05) is 13.1 Å². The van der Waals surface area contributed by atoms with Crippen molar-refractivity contribution >= 4 is 10.0 Å². The highest BCUT2D eigenvalue weighted by molar-refractivity contribution is 7.88. The van der Waals surface area contributed by atoms with Crippen LogP contribution >= 0.6 is 0 Å². The molecule has 2 rings (SSSR count). The lowest BCUT2D eigenvalue weighted by Crippen LogP contribution is -2.43. The molecule has 1 saturated carbocycles. The van der Waals surface area contributed by atoms with Gasteiger partial charge in [-0.2, -0.15) is 0 Å². The van der Waals surface area contributed by atoms with E-state index in [1.807, 2.05) is 0 Å². The molecule has 18 heavy (non-hydrogen) atoms. The van der Waals surface area contributed by atoms with Crippen molar-refractivity contribution in [2.24, 2.45) is 11.8 Å². The maximum absolute atomic E-state index is 11.6. The molecular weight excluding hydrogens is 250 g/mol. The van der Waals surface area contributed by atoms with E-state index in [1.165, 1.54) is 6.26 Å². The number of rotatable bonds is 3. The van der Waals surface area contributed by atoms with Crippen LogP contribution in [0.25, 0.3) is 0 Å². The number of sulfonamides is 1. The quantitative estimate of drug-likeness (QED) is 0.851. The topological polar surface area (TPSA) is 57.6 Å². The van der Waals surface area contributed by atoms with Crippen molar-refractivity contribution in [2.45, 2.75) is 51.0 Å². The number of piperidine rings is 1. The Morgan fingerprint density at radius 1 is 1.33 bits per heavy atom. The molecular formula is C13H25NO3S. The van der Waals surface area contributed by atoms with Gasteiger partial charge in [0.15, 0.2) is 0 Å². The third-order valence-corrected chi connectivity index (χ3v) is 6.03. The Bertz CT molecular complexity index is 395. The van der Waals surface area contributed by atoms with Gasteiger partial charge in [-0.15, -0.1) is 0 Å². The van der Waals surface area contributed by atoms with Gasteiger partial charge in [-0.25, -0.2) is 12.7 Å². The van der Waals surface area contributed by atoms with Crippen molar-refractivity contribution in [3.05, 3.63) is 0 Å².